The van der Waals surface area contributed by atoms with Crippen LogP contribution in [0.15, 0.2) is 23.5 Å². The van der Waals surface area contributed by atoms with Crippen molar-refractivity contribution in [1.29, 1.82) is 0 Å². The lowest BCUT2D eigenvalue weighted by atomic mass is 9.84. The van der Waals surface area contributed by atoms with E-state index < -0.39 is 54.1 Å². The van der Waals surface area contributed by atoms with E-state index in [2.05, 4.69) is 15.5 Å². The van der Waals surface area contributed by atoms with E-state index in [-0.39, 0.29) is 29.0 Å². The quantitative estimate of drug-likeness (QED) is 0.442. The highest BCUT2D eigenvalue weighted by Crippen LogP contribution is 2.37. The summed E-state index contributed by atoms with van der Waals surface area (Å²) in [6.07, 6.45) is -1.86. The van der Waals surface area contributed by atoms with Crippen LogP contribution in [-0.4, -0.2) is 86.9 Å². The van der Waals surface area contributed by atoms with Crippen molar-refractivity contribution in [1.82, 2.24) is 15.0 Å². The molecule has 6 atom stereocenters. The van der Waals surface area contributed by atoms with E-state index in [9.17, 15) is 24.1 Å². The molecule has 1 aromatic carbocycles. The molecule has 3 N–H and O–H groups in total. The predicted octanol–water partition coefficient (Wildman–Crippen LogP) is 2.11. The van der Waals surface area contributed by atoms with Gasteiger partial charge in [-0.25, -0.2) is 13.5 Å². The van der Waals surface area contributed by atoms with Crippen LogP contribution in [-0.2, 0) is 14.3 Å². The van der Waals surface area contributed by atoms with Crippen LogP contribution >= 0.6 is 11.6 Å². The van der Waals surface area contributed by atoms with Gasteiger partial charge in [-0.15, -0.1) is 5.10 Å². The Morgan fingerprint density at radius 2 is 1.97 bits per heavy atom. The lowest BCUT2D eigenvalue weighted by molar-refractivity contribution is -0.219. The SMILES string of the molecule is CO[C@@H]1[C@@H](n2cc(-c3ccc(Cl)c(F)c3F)nn2)[C@@H](O)[C@@H](CO)O[C@@H]1CC1CC(C(C)(C)CO)=NO1. The minimum absolute atomic E-state index is 0.0251. The van der Waals surface area contributed by atoms with Crippen LogP contribution in [0.4, 0.5) is 8.78 Å². The second-order valence-electron chi connectivity index (χ2n) is 9.63. The molecule has 2 aliphatic heterocycles. The standard InChI is InChI=1S/C23H29ClF2N4O6/c1-23(2,10-32)17-7-11(36-28-17)6-15-22(34-3)20(21(33)16(9-31)35-15)30-8-14(27-29-30)12-4-5-13(24)19(26)18(12)25/h4-5,8,11,15-16,20-22,31-33H,6-7,9-10H2,1-3H3/t11?,15-,16-,20+,21+,22+/m1/s1. The Balaban J connectivity index is 1.58. The van der Waals surface area contributed by atoms with Gasteiger partial charge in [-0.2, -0.15) is 0 Å². The number of hydrogen-bond acceptors (Lipinski definition) is 9. The molecule has 4 rings (SSSR count). The van der Waals surface area contributed by atoms with Crippen molar-refractivity contribution in [3.8, 4) is 11.3 Å². The zero-order valence-electron chi connectivity index (χ0n) is 20.0. The number of benzene rings is 1. The number of aromatic nitrogens is 3. The Bertz CT molecular complexity index is 1120. The Kier molecular flexibility index (Phi) is 7.93. The van der Waals surface area contributed by atoms with E-state index >= 15 is 0 Å². The summed E-state index contributed by atoms with van der Waals surface area (Å²) in [6, 6.07) is 1.62. The van der Waals surface area contributed by atoms with Crippen molar-refractivity contribution in [3.05, 3.63) is 35.0 Å². The van der Waals surface area contributed by atoms with Crippen molar-refractivity contribution >= 4 is 17.3 Å². The number of oxime groups is 1. The molecule has 1 saturated heterocycles. The van der Waals surface area contributed by atoms with Gasteiger partial charge in [-0.05, 0) is 12.1 Å². The molecule has 3 heterocycles. The maximum Gasteiger partial charge on any atom is 0.178 e. The van der Waals surface area contributed by atoms with Gasteiger partial charge in [0, 0.05) is 30.9 Å². The molecule has 2 aromatic rings. The lowest BCUT2D eigenvalue weighted by Gasteiger charge is -2.44. The molecule has 198 valence electrons. The van der Waals surface area contributed by atoms with Gasteiger partial charge < -0.3 is 29.6 Å². The molecule has 0 radical (unpaired) electrons. The third-order valence-corrected chi connectivity index (χ3v) is 7.06. The van der Waals surface area contributed by atoms with Gasteiger partial charge in [0.15, 0.2) is 11.6 Å². The van der Waals surface area contributed by atoms with Crippen LogP contribution in [0.3, 0.4) is 0 Å². The van der Waals surface area contributed by atoms with Gasteiger partial charge in [0.25, 0.3) is 0 Å². The summed E-state index contributed by atoms with van der Waals surface area (Å²) in [4.78, 5) is 5.58. The second kappa shape index (κ2) is 10.6. The molecule has 1 aromatic heterocycles. The summed E-state index contributed by atoms with van der Waals surface area (Å²) in [6.45, 7) is 3.15. The molecule has 1 unspecified atom stereocenters. The zero-order chi connectivity index (χ0) is 26.2. The number of ether oxygens (including phenoxy) is 2. The van der Waals surface area contributed by atoms with E-state index in [4.69, 9.17) is 25.9 Å². The number of nitrogens with zero attached hydrogens (tertiary/aromatic N) is 4. The Hall–Kier alpha value is -2.22. The summed E-state index contributed by atoms with van der Waals surface area (Å²) in [5.74, 6) is -2.37. The fourth-order valence-corrected chi connectivity index (χ4v) is 4.68. The minimum Gasteiger partial charge on any atom is -0.395 e. The van der Waals surface area contributed by atoms with Gasteiger partial charge >= 0.3 is 0 Å². The number of methoxy groups -OCH3 is 1. The lowest BCUT2D eigenvalue weighted by Crippen LogP contribution is -2.57. The van der Waals surface area contributed by atoms with Crippen molar-refractivity contribution < 1.29 is 38.4 Å². The largest absolute Gasteiger partial charge is 0.395 e. The predicted molar refractivity (Wildman–Crippen MR) is 124 cm³/mol. The molecule has 2 aliphatic rings. The highest BCUT2D eigenvalue weighted by Gasteiger charge is 2.48. The highest BCUT2D eigenvalue weighted by atomic mass is 35.5. The molecule has 1 fully saturated rings. The molecule has 0 saturated carbocycles. The van der Waals surface area contributed by atoms with Crippen molar-refractivity contribution in [3.63, 3.8) is 0 Å². The topological polar surface area (TPSA) is 131 Å². The summed E-state index contributed by atoms with van der Waals surface area (Å²) >= 11 is 5.64. The van der Waals surface area contributed by atoms with E-state index in [1.54, 1.807) is 0 Å². The molecule has 0 spiro atoms. The number of halogens is 3. The number of aliphatic hydroxyl groups excluding tert-OH is 3. The first-order chi connectivity index (χ1) is 17.1. The van der Waals surface area contributed by atoms with E-state index in [1.807, 2.05) is 13.8 Å². The molecule has 10 nitrogen and oxygen atoms in total. The number of rotatable bonds is 8. The van der Waals surface area contributed by atoms with Crippen LogP contribution in [0.2, 0.25) is 5.02 Å². The number of hydrogen-bond donors (Lipinski definition) is 3. The normalized spacial score (nSPS) is 28.8. The zero-order valence-corrected chi connectivity index (χ0v) is 20.8. The first-order valence-corrected chi connectivity index (χ1v) is 11.9. The van der Waals surface area contributed by atoms with Crippen molar-refractivity contribution in [2.24, 2.45) is 10.6 Å². The maximum atomic E-state index is 14.5. The van der Waals surface area contributed by atoms with E-state index in [0.29, 0.717) is 18.6 Å². The molecule has 0 aliphatic carbocycles. The Labute approximate surface area is 211 Å². The van der Waals surface area contributed by atoms with Gasteiger partial charge in [-0.1, -0.05) is 35.8 Å². The summed E-state index contributed by atoms with van der Waals surface area (Å²) in [5.41, 5.74) is 0.0534. The molecule has 13 heteroatoms. The monoisotopic (exact) mass is 530 g/mol. The molecule has 0 bridgehead atoms. The third-order valence-electron chi connectivity index (χ3n) is 6.77. The van der Waals surface area contributed by atoms with E-state index in [1.165, 1.54) is 30.1 Å². The summed E-state index contributed by atoms with van der Waals surface area (Å²) < 4.78 is 41.4. The first-order valence-electron chi connectivity index (χ1n) is 11.5. The van der Waals surface area contributed by atoms with Crippen molar-refractivity contribution in [2.45, 2.75) is 63.3 Å². The molecule has 36 heavy (non-hydrogen) atoms. The Morgan fingerprint density at radius 1 is 1.22 bits per heavy atom. The number of aliphatic hydroxyl groups is 3. The second-order valence-corrected chi connectivity index (χ2v) is 10.0. The van der Waals surface area contributed by atoms with Crippen LogP contribution in [0.1, 0.15) is 32.7 Å². The third kappa shape index (κ3) is 4.98. The smallest absolute Gasteiger partial charge is 0.178 e. The van der Waals surface area contributed by atoms with Crippen LogP contribution in [0.25, 0.3) is 11.3 Å². The van der Waals surface area contributed by atoms with Crippen LogP contribution in [0.5, 0.6) is 0 Å². The van der Waals surface area contributed by atoms with Gasteiger partial charge in [0.1, 0.15) is 36.2 Å². The highest BCUT2D eigenvalue weighted by molar-refractivity contribution is 6.30. The van der Waals surface area contributed by atoms with Crippen LogP contribution < -0.4 is 0 Å². The first kappa shape index (κ1) is 26.8. The van der Waals surface area contributed by atoms with Crippen LogP contribution in [0, 0.1) is 17.0 Å². The summed E-state index contributed by atoms with van der Waals surface area (Å²) in [7, 11) is 1.44. The van der Waals surface area contributed by atoms with Gasteiger partial charge in [-0.3, -0.25) is 0 Å². The maximum absolute atomic E-state index is 14.5. The Morgan fingerprint density at radius 3 is 2.64 bits per heavy atom. The van der Waals surface area contributed by atoms with Gasteiger partial charge in [0.2, 0.25) is 0 Å². The average molecular weight is 531 g/mol. The molecular weight excluding hydrogens is 502 g/mol. The van der Waals surface area contributed by atoms with Gasteiger partial charge in [0.05, 0.1) is 36.2 Å². The minimum atomic E-state index is -1.25. The fraction of sp³-hybridized carbons (Fsp3) is 0.609. The molecular formula is C23H29ClF2N4O6. The average Bonchev–Trinajstić information content (AvgIpc) is 3.53. The summed E-state index contributed by atoms with van der Waals surface area (Å²) in [5, 5.41) is 42.2. The van der Waals surface area contributed by atoms with E-state index in [0.717, 1.165) is 0 Å². The fourth-order valence-electron chi connectivity index (χ4n) is 4.53. The molecule has 0 amide bonds. The van der Waals surface area contributed by atoms with Crippen molar-refractivity contribution in [2.75, 3.05) is 20.3 Å².